The van der Waals surface area contributed by atoms with Crippen LogP contribution in [0.2, 0.25) is 0 Å². The molecule has 1 saturated heterocycles. The van der Waals surface area contributed by atoms with Gasteiger partial charge in [0.15, 0.2) is 0 Å². The normalized spacial score (nSPS) is 27.3. The highest BCUT2D eigenvalue weighted by Gasteiger charge is 2.38. The summed E-state index contributed by atoms with van der Waals surface area (Å²) in [5.74, 6) is 0. The molecule has 0 aromatic carbocycles. The highest BCUT2D eigenvalue weighted by molar-refractivity contribution is 5.75. The summed E-state index contributed by atoms with van der Waals surface area (Å²) in [6, 6.07) is 0. The maximum Gasteiger partial charge on any atom is 0.0814 e. The Kier molecular flexibility index (Phi) is 3.19. The minimum atomic E-state index is 0. The van der Waals surface area contributed by atoms with Crippen LogP contribution >= 0.6 is 0 Å². The van der Waals surface area contributed by atoms with Crippen molar-refractivity contribution in [1.29, 1.82) is 0 Å². The molecule has 1 aliphatic rings. The Hall–Kier alpha value is 0.0249. The van der Waals surface area contributed by atoms with Crippen molar-refractivity contribution in [2.75, 3.05) is 6.54 Å². The predicted molar refractivity (Wildman–Crippen MR) is 55.0 cm³/mol. The van der Waals surface area contributed by atoms with Gasteiger partial charge in [0.25, 0.3) is 0 Å². The van der Waals surface area contributed by atoms with Crippen molar-refractivity contribution in [2.24, 2.45) is 5.41 Å². The number of hydrogen-bond acceptors (Lipinski definition) is 1. The van der Waals surface area contributed by atoms with E-state index in [1.807, 2.05) is 0 Å². The molecule has 0 aromatic heterocycles. The average Bonchev–Trinajstić information content (AvgIpc) is 1.77. The van der Waals surface area contributed by atoms with Crippen molar-refractivity contribution in [3.63, 3.8) is 0 Å². The maximum atomic E-state index is 3.55. The Morgan fingerprint density at radius 2 is 1.64 bits per heavy atom. The lowest BCUT2D eigenvalue weighted by atomic mass is 9.69. The molecule has 0 bridgehead atoms. The van der Waals surface area contributed by atoms with Gasteiger partial charge >= 0.3 is 0 Å². The van der Waals surface area contributed by atoms with Crippen LogP contribution < -0.4 is 5.32 Å². The summed E-state index contributed by atoms with van der Waals surface area (Å²) in [6.45, 7) is 10.5. The zero-order valence-corrected chi connectivity index (χ0v) is 7.62. The van der Waals surface area contributed by atoms with Crippen molar-refractivity contribution in [3.8, 4) is 0 Å². The smallest absolute Gasteiger partial charge is 0.0814 e. The first kappa shape index (κ1) is 11.0. The van der Waals surface area contributed by atoms with Crippen molar-refractivity contribution in [3.05, 3.63) is 0 Å². The monoisotopic (exact) mass is 155 g/mol. The molecule has 0 aliphatic carbocycles. The van der Waals surface area contributed by atoms with Gasteiger partial charge in [-0.2, -0.15) is 0 Å². The van der Waals surface area contributed by atoms with E-state index in [1.165, 1.54) is 19.4 Å². The molecule has 1 rings (SSSR count). The lowest BCUT2D eigenvalue weighted by Crippen LogP contribution is -2.54. The standard InChI is InChI=1S/C9H19N.BH3/c1-8(2)6-5-7-10-9(8,3)4;/h10H,5-7H2,1-4H3;1H3. The van der Waals surface area contributed by atoms with Crippen LogP contribution in [0.3, 0.4) is 0 Å². The van der Waals surface area contributed by atoms with Crippen LogP contribution in [0.15, 0.2) is 0 Å². The van der Waals surface area contributed by atoms with Crippen LogP contribution in [-0.2, 0) is 0 Å². The highest BCUT2D eigenvalue weighted by Crippen LogP contribution is 2.37. The summed E-state index contributed by atoms with van der Waals surface area (Å²) in [6.07, 6.45) is 2.68. The molecular weight excluding hydrogens is 133 g/mol. The van der Waals surface area contributed by atoms with E-state index < -0.39 is 0 Å². The Labute approximate surface area is 72.5 Å². The molecule has 11 heavy (non-hydrogen) atoms. The summed E-state index contributed by atoms with van der Waals surface area (Å²) in [5.41, 5.74) is 0.788. The fraction of sp³-hybridized carbons (Fsp3) is 1.00. The van der Waals surface area contributed by atoms with Gasteiger partial charge in [0, 0.05) is 5.54 Å². The van der Waals surface area contributed by atoms with E-state index in [1.54, 1.807) is 0 Å². The quantitative estimate of drug-likeness (QED) is 0.514. The number of rotatable bonds is 0. The molecule has 1 heterocycles. The first-order valence-corrected chi connectivity index (χ1v) is 4.21. The van der Waals surface area contributed by atoms with Crippen LogP contribution in [0.5, 0.6) is 0 Å². The largest absolute Gasteiger partial charge is 0.311 e. The second-order valence-corrected chi connectivity index (χ2v) is 4.54. The lowest BCUT2D eigenvalue weighted by molar-refractivity contribution is 0.106. The van der Waals surface area contributed by atoms with E-state index in [9.17, 15) is 0 Å². The summed E-state index contributed by atoms with van der Waals surface area (Å²) in [5, 5.41) is 3.55. The molecule has 0 unspecified atom stereocenters. The van der Waals surface area contributed by atoms with Crippen LogP contribution in [0.1, 0.15) is 40.5 Å². The third-order valence-electron chi connectivity index (χ3n) is 3.24. The van der Waals surface area contributed by atoms with E-state index in [0.717, 1.165) is 0 Å². The molecule has 66 valence electrons. The molecule has 1 nitrogen and oxygen atoms in total. The van der Waals surface area contributed by atoms with Crippen LogP contribution in [0.4, 0.5) is 0 Å². The fourth-order valence-electron chi connectivity index (χ4n) is 1.48. The van der Waals surface area contributed by atoms with Crippen LogP contribution in [0, 0.1) is 5.41 Å². The van der Waals surface area contributed by atoms with E-state index in [0.29, 0.717) is 11.0 Å². The van der Waals surface area contributed by atoms with Crippen molar-refractivity contribution < 1.29 is 0 Å². The van der Waals surface area contributed by atoms with Gasteiger partial charge in [-0.15, -0.1) is 0 Å². The van der Waals surface area contributed by atoms with Gasteiger partial charge in [-0.25, -0.2) is 0 Å². The van der Waals surface area contributed by atoms with Crippen molar-refractivity contribution in [1.82, 2.24) is 5.32 Å². The minimum Gasteiger partial charge on any atom is -0.311 e. The highest BCUT2D eigenvalue weighted by atomic mass is 15.0. The molecule has 0 spiro atoms. The van der Waals surface area contributed by atoms with Gasteiger partial charge in [0.1, 0.15) is 0 Å². The predicted octanol–water partition coefficient (Wildman–Crippen LogP) is 0.991. The van der Waals surface area contributed by atoms with Gasteiger partial charge in [-0.1, -0.05) is 13.8 Å². The van der Waals surface area contributed by atoms with E-state index >= 15 is 0 Å². The minimum absolute atomic E-state index is 0. The second-order valence-electron chi connectivity index (χ2n) is 4.54. The molecule has 1 fully saturated rings. The zero-order valence-electron chi connectivity index (χ0n) is 7.62. The Bertz CT molecular complexity index is 114. The van der Waals surface area contributed by atoms with Crippen LogP contribution in [0.25, 0.3) is 0 Å². The zero-order chi connectivity index (χ0) is 7.83. The van der Waals surface area contributed by atoms with Crippen LogP contribution in [-0.4, -0.2) is 20.5 Å². The maximum absolute atomic E-state index is 3.55. The lowest BCUT2D eigenvalue weighted by Gasteiger charge is -2.46. The van der Waals surface area contributed by atoms with Gasteiger partial charge in [0.05, 0.1) is 8.41 Å². The molecule has 0 aromatic rings. The molecule has 0 atom stereocenters. The molecule has 1 N–H and O–H groups in total. The summed E-state index contributed by atoms with van der Waals surface area (Å²) in [4.78, 5) is 0. The summed E-state index contributed by atoms with van der Waals surface area (Å²) >= 11 is 0. The van der Waals surface area contributed by atoms with Gasteiger partial charge in [-0.3, -0.25) is 0 Å². The van der Waals surface area contributed by atoms with E-state index in [-0.39, 0.29) is 8.41 Å². The van der Waals surface area contributed by atoms with E-state index in [4.69, 9.17) is 0 Å². The number of nitrogens with one attached hydrogen (secondary N) is 1. The SMILES string of the molecule is B.CC1(C)CCCNC1(C)C. The van der Waals surface area contributed by atoms with Gasteiger partial charge in [0.2, 0.25) is 0 Å². The molecule has 1 aliphatic heterocycles. The fourth-order valence-corrected chi connectivity index (χ4v) is 1.48. The first-order valence-electron chi connectivity index (χ1n) is 4.21. The molecule has 2 heteroatoms. The van der Waals surface area contributed by atoms with E-state index in [2.05, 4.69) is 33.0 Å². The number of piperidine rings is 1. The number of hydrogen-bond donors (Lipinski definition) is 1. The Morgan fingerprint density at radius 3 is 1.91 bits per heavy atom. The molecule has 0 radical (unpaired) electrons. The second kappa shape index (κ2) is 3.18. The molecule has 0 amide bonds. The molecular formula is C9H22BN. The third kappa shape index (κ3) is 1.99. The average molecular weight is 155 g/mol. The first-order chi connectivity index (χ1) is 4.46. The molecule has 0 saturated carbocycles. The summed E-state index contributed by atoms with van der Waals surface area (Å²) in [7, 11) is 0. The Balaban J connectivity index is 0.000001000. The van der Waals surface area contributed by atoms with Gasteiger partial charge in [-0.05, 0) is 38.6 Å². The Morgan fingerprint density at radius 1 is 1.09 bits per heavy atom. The van der Waals surface area contributed by atoms with Crippen molar-refractivity contribution >= 4 is 8.41 Å². The third-order valence-corrected chi connectivity index (χ3v) is 3.24. The topological polar surface area (TPSA) is 12.0 Å². The van der Waals surface area contributed by atoms with Crippen molar-refractivity contribution in [2.45, 2.75) is 46.1 Å². The summed E-state index contributed by atoms with van der Waals surface area (Å²) < 4.78 is 0. The van der Waals surface area contributed by atoms with Gasteiger partial charge < -0.3 is 5.32 Å².